The number of hydrogen-bond donors (Lipinski definition) is 3. The number of hydrogen-bond acceptors (Lipinski definition) is 7. The summed E-state index contributed by atoms with van der Waals surface area (Å²) in [7, 11) is 0. The lowest BCUT2D eigenvalue weighted by molar-refractivity contribution is -0.182. The van der Waals surface area contributed by atoms with Crippen LogP contribution in [0.4, 0.5) is 39.4 Å². The summed E-state index contributed by atoms with van der Waals surface area (Å²) in [6, 6.07) is 4.15. The number of halogens is 7. The number of nitrogens with one attached hydrogen (secondary N) is 3. The van der Waals surface area contributed by atoms with Gasteiger partial charge in [-0.3, -0.25) is 14.2 Å². The molecule has 2 fully saturated rings. The summed E-state index contributed by atoms with van der Waals surface area (Å²) < 4.78 is 74.3. The van der Waals surface area contributed by atoms with E-state index in [2.05, 4.69) is 25.9 Å². The molecule has 1 aliphatic heterocycles. The molecule has 49 heavy (non-hydrogen) atoms. The third-order valence-corrected chi connectivity index (χ3v) is 9.38. The molecule has 268 valence electrons. The van der Waals surface area contributed by atoms with Crippen molar-refractivity contribution in [2.24, 2.45) is 11.3 Å². The molecule has 0 spiro atoms. The molecule has 1 aromatic carbocycles. The molecule has 2 aliphatic rings. The summed E-state index contributed by atoms with van der Waals surface area (Å²) >= 11 is 13.2. The minimum atomic E-state index is -4.28. The summed E-state index contributed by atoms with van der Waals surface area (Å²) in [6.07, 6.45) is -6.96. The summed E-state index contributed by atoms with van der Waals surface area (Å²) in [6.45, 7) is 5.99. The predicted octanol–water partition coefficient (Wildman–Crippen LogP) is 7.10. The highest BCUT2D eigenvalue weighted by Gasteiger charge is 2.41. The van der Waals surface area contributed by atoms with Gasteiger partial charge in [0.05, 0.1) is 47.0 Å². The third-order valence-electron chi connectivity index (χ3n) is 8.63. The zero-order valence-corrected chi connectivity index (χ0v) is 28.7. The fourth-order valence-electron chi connectivity index (χ4n) is 5.86. The van der Waals surface area contributed by atoms with Crippen molar-refractivity contribution in [2.75, 3.05) is 36.5 Å². The van der Waals surface area contributed by atoms with E-state index in [0.29, 0.717) is 31.9 Å². The number of rotatable bonds is 9. The lowest BCUT2D eigenvalue weighted by atomic mass is 9.85. The number of carbonyl (C=O) groups is 2. The predicted molar refractivity (Wildman–Crippen MR) is 177 cm³/mol. The molecule has 1 aliphatic carbocycles. The van der Waals surface area contributed by atoms with Gasteiger partial charge in [-0.05, 0) is 43.4 Å². The number of anilines is 3. The Labute approximate surface area is 290 Å². The van der Waals surface area contributed by atoms with E-state index >= 15 is 0 Å². The van der Waals surface area contributed by atoms with E-state index in [-0.39, 0.29) is 82.4 Å². The van der Waals surface area contributed by atoms with E-state index in [9.17, 15) is 31.5 Å². The smallest absolute Gasteiger partial charge is 0.378 e. The van der Waals surface area contributed by atoms with Gasteiger partial charge in [0, 0.05) is 31.1 Å². The van der Waals surface area contributed by atoms with Crippen molar-refractivity contribution in [3.8, 4) is 0 Å². The van der Waals surface area contributed by atoms with Crippen LogP contribution in [0.3, 0.4) is 0 Å². The van der Waals surface area contributed by atoms with Crippen LogP contribution >= 0.6 is 23.2 Å². The molecule has 3 N–H and O–H groups in total. The molecular weight excluding hydrogens is 696 g/mol. The Kier molecular flexibility index (Phi) is 11.1. The third kappa shape index (κ3) is 8.66. The Hall–Kier alpha value is -3.43. The number of aromatic nitrogens is 3. The van der Waals surface area contributed by atoms with Crippen molar-refractivity contribution in [3.05, 3.63) is 39.4 Å². The number of carbonyl (C=O) groups excluding carboxylic acids is 2. The van der Waals surface area contributed by atoms with Gasteiger partial charge in [0.2, 0.25) is 11.9 Å². The topological polar surface area (TPSA) is 113 Å². The molecule has 10 nitrogen and oxygen atoms in total. The van der Waals surface area contributed by atoms with Gasteiger partial charge in [-0.25, -0.2) is 18.7 Å². The molecule has 2 amide bonds. The average Bonchev–Trinajstić information content (AvgIpc) is 3.36. The van der Waals surface area contributed by atoms with Crippen molar-refractivity contribution < 1.29 is 36.3 Å². The maximum atomic E-state index is 14.0. The van der Waals surface area contributed by atoms with Gasteiger partial charge in [0.1, 0.15) is 11.3 Å². The number of imidazole rings is 1. The van der Waals surface area contributed by atoms with Crippen molar-refractivity contribution in [3.63, 3.8) is 0 Å². The first-order chi connectivity index (χ1) is 23.0. The van der Waals surface area contributed by atoms with Gasteiger partial charge in [0.15, 0.2) is 5.65 Å². The van der Waals surface area contributed by atoms with E-state index in [0.717, 1.165) is 0 Å². The summed E-state index contributed by atoms with van der Waals surface area (Å²) in [5, 5.41) is 8.94. The first kappa shape index (κ1) is 36.8. The van der Waals surface area contributed by atoms with Crippen LogP contribution < -0.4 is 20.9 Å². The minimum Gasteiger partial charge on any atom is -0.378 e. The number of fused-ring (bicyclic) bond motifs is 1. The Bertz CT molecular complexity index is 1680. The second kappa shape index (κ2) is 14.8. The zero-order valence-electron chi connectivity index (χ0n) is 27.2. The quantitative estimate of drug-likeness (QED) is 0.201. The lowest BCUT2D eigenvalue weighted by Crippen LogP contribution is -2.42. The van der Waals surface area contributed by atoms with Gasteiger partial charge < -0.3 is 25.6 Å². The average molecular weight is 735 g/mol. The van der Waals surface area contributed by atoms with Crippen LogP contribution in [-0.2, 0) is 22.6 Å². The van der Waals surface area contributed by atoms with Gasteiger partial charge in [0.25, 0.3) is 12.3 Å². The zero-order chi connectivity index (χ0) is 35.7. The van der Waals surface area contributed by atoms with E-state index in [1.165, 1.54) is 10.6 Å². The molecule has 0 unspecified atom stereocenters. The highest BCUT2D eigenvalue weighted by atomic mass is 35.5. The number of pyridine rings is 1. The Morgan fingerprint density at radius 1 is 1.04 bits per heavy atom. The second-order valence-corrected chi connectivity index (χ2v) is 14.0. The van der Waals surface area contributed by atoms with Gasteiger partial charge in [-0.15, -0.1) is 0 Å². The molecule has 1 saturated carbocycles. The standard InChI is InChI=1S/C32H38Cl2F5N7O3/c1-31(2,3)29(48)40-15-17-4-9-21(33)25(24(17)34)43-30-42-22-14-20(28(47)41-19-7-5-18(6-8-19)32(37,38)39)26(45-10-12-49-13-11-45)44-27(22)46(30)16-23(35)36/h4,9,14,18-19,23H,5-8,10-13,15-16H2,1-3H3,(H,40,48)(H,41,47)(H,42,43). The molecule has 5 rings (SSSR count). The van der Waals surface area contributed by atoms with Crippen molar-refractivity contribution in [1.82, 2.24) is 25.2 Å². The molecule has 1 saturated heterocycles. The first-order valence-electron chi connectivity index (χ1n) is 15.9. The van der Waals surface area contributed by atoms with Crippen LogP contribution in [0.15, 0.2) is 18.2 Å². The van der Waals surface area contributed by atoms with Gasteiger partial charge in [-0.1, -0.05) is 50.0 Å². The number of alkyl halides is 5. The normalized spacial score (nSPS) is 19.0. The van der Waals surface area contributed by atoms with Crippen molar-refractivity contribution >= 4 is 63.6 Å². The molecule has 2 aromatic heterocycles. The highest BCUT2D eigenvalue weighted by molar-refractivity contribution is 6.39. The van der Waals surface area contributed by atoms with E-state index in [4.69, 9.17) is 27.9 Å². The maximum absolute atomic E-state index is 14.0. The van der Waals surface area contributed by atoms with Gasteiger partial charge in [-0.2, -0.15) is 13.2 Å². The summed E-state index contributed by atoms with van der Waals surface area (Å²) in [5.74, 6) is -2.02. The van der Waals surface area contributed by atoms with Crippen LogP contribution in [0.1, 0.15) is 62.4 Å². The summed E-state index contributed by atoms with van der Waals surface area (Å²) in [4.78, 5) is 37.1. The molecule has 17 heteroatoms. The van der Waals surface area contributed by atoms with Crippen molar-refractivity contribution in [1.29, 1.82) is 0 Å². The lowest BCUT2D eigenvalue weighted by Gasteiger charge is -2.31. The number of morpholine rings is 1. The fourth-order valence-corrected chi connectivity index (χ4v) is 6.39. The molecule has 3 aromatic rings. The van der Waals surface area contributed by atoms with Crippen LogP contribution in [-0.4, -0.2) is 71.3 Å². The molecule has 0 bridgehead atoms. The largest absolute Gasteiger partial charge is 0.391 e. The van der Waals surface area contributed by atoms with E-state index in [1.807, 2.05) is 0 Å². The Morgan fingerprint density at radius 3 is 2.33 bits per heavy atom. The number of nitrogens with zero attached hydrogens (tertiary/aromatic N) is 4. The van der Waals surface area contributed by atoms with Gasteiger partial charge >= 0.3 is 6.18 Å². The molecule has 3 heterocycles. The monoisotopic (exact) mass is 733 g/mol. The highest BCUT2D eigenvalue weighted by Crippen LogP contribution is 2.39. The molecule has 0 radical (unpaired) electrons. The number of ether oxygens (including phenoxy) is 1. The van der Waals surface area contributed by atoms with Crippen LogP contribution in [0.5, 0.6) is 0 Å². The number of benzene rings is 1. The van der Waals surface area contributed by atoms with Crippen LogP contribution in [0.25, 0.3) is 11.2 Å². The minimum absolute atomic E-state index is 0.0624. The van der Waals surface area contributed by atoms with Crippen molar-refractivity contribution in [2.45, 2.75) is 78.2 Å². The van der Waals surface area contributed by atoms with E-state index in [1.54, 1.807) is 37.8 Å². The second-order valence-electron chi connectivity index (χ2n) is 13.3. The maximum Gasteiger partial charge on any atom is 0.391 e. The van der Waals surface area contributed by atoms with E-state index < -0.39 is 42.4 Å². The summed E-state index contributed by atoms with van der Waals surface area (Å²) in [5.41, 5.74) is 0.318. The Balaban J connectivity index is 1.50. The first-order valence-corrected chi connectivity index (χ1v) is 16.7. The molecular formula is C32H38Cl2F5N7O3. The number of amides is 2. The molecule has 0 atom stereocenters. The fraction of sp³-hybridized carbons (Fsp3) is 0.562. The Morgan fingerprint density at radius 2 is 1.71 bits per heavy atom. The SMILES string of the molecule is CC(C)(C)C(=O)NCc1ccc(Cl)c(Nc2nc3cc(C(=O)NC4CCC(C(F)(F)F)CC4)c(N4CCOCC4)nc3n2CC(F)F)c1Cl. The van der Waals surface area contributed by atoms with Crippen LogP contribution in [0, 0.1) is 11.3 Å². The van der Waals surface area contributed by atoms with Crippen LogP contribution in [0.2, 0.25) is 10.0 Å².